The molecule has 2 amide bonds. The number of aryl methyl sites for hydroxylation is 1. The molecule has 1 heterocycles. The van der Waals surface area contributed by atoms with Crippen LogP contribution in [-0.4, -0.2) is 28.6 Å². The maximum atomic E-state index is 11.5. The number of carboxylic acids is 1. The van der Waals surface area contributed by atoms with Gasteiger partial charge >= 0.3 is 12.0 Å². The topological polar surface area (TPSA) is 91.3 Å². The molecule has 0 aliphatic rings. The Morgan fingerprint density at radius 2 is 2.21 bits per heavy atom. The van der Waals surface area contributed by atoms with Crippen LogP contribution in [-0.2, 0) is 11.3 Å². The molecule has 1 aromatic heterocycles. The van der Waals surface area contributed by atoms with Gasteiger partial charge in [-0.1, -0.05) is 13.3 Å². The molecule has 1 atom stereocenters. The van der Waals surface area contributed by atoms with Crippen LogP contribution in [0.3, 0.4) is 0 Å². The van der Waals surface area contributed by atoms with Crippen LogP contribution in [0.25, 0.3) is 0 Å². The Balaban J connectivity index is 2.28. The highest BCUT2D eigenvalue weighted by molar-refractivity contribution is 7.09. The fraction of sp³-hybridized carbons (Fsp3) is 0.583. The molecule has 1 aromatic rings. The van der Waals surface area contributed by atoms with Crippen molar-refractivity contribution in [2.75, 3.05) is 6.54 Å². The van der Waals surface area contributed by atoms with Gasteiger partial charge in [-0.05, 0) is 13.3 Å². The van der Waals surface area contributed by atoms with Gasteiger partial charge in [-0.2, -0.15) is 0 Å². The summed E-state index contributed by atoms with van der Waals surface area (Å²) in [6.07, 6.45) is 1.33. The molecule has 3 N–H and O–H groups in total. The van der Waals surface area contributed by atoms with E-state index in [0.29, 0.717) is 13.0 Å². The summed E-state index contributed by atoms with van der Waals surface area (Å²) in [6.45, 7) is 4.31. The number of carbonyl (C=O) groups excluding carboxylic acids is 1. The number of nitrogens with zero attached hydrogens (tertiary/aromatic N) is 1. The average molecular weight is 285 g/mol. The standard InChI is InChI=1S/C12H19N3O3S/c1-3-4-9(11(16)17)5-13-12(18)14-6-10-7-19-8(2)15-10/h7,9H,3-6H2,1-2H3,(H,16,17)(H2,13,14,18). The van der Waals surface area contributed by atoms with Gasteiger partial charge in [0.05, 0.1) is 23.2 Å². The largest absolute Gasteiger partial charge is 0.481 e. The van der Waals surface area contributed by atoms with Crippen molar-refractivity contribution in [1.29, 1.82) is 0 Å². The molecular weight excluding hydrogens is 266 g/mol. The van der Waals surface area contributed by atoms with Gasteiger partial charge in [-0.15, -0.1) is 11.3 Å². The number of nitrogens with one attached hydrogen (secondary N) is 2. The van der Waals surface area contributed by atoms with E-state index in [-0.39, 0.29) is 12.6 Å². The first kappa shape index (κ1) is 15.4. The fourth-order valence-electron chi connectivity index (χ4n) is 1.60. The minimum atomic E-state index is -0.878. The van der Waals surface area contributed by atoms with E-state index in [9.17, 15) is 9.59 Å². The van der Waals surface area contributed by atoms with E-state index in [0.717, 1.165) is 17.1 Å². The van der Waals surface area contributed by atoms with Crippen molar-refractivity contribution in [3.05, 3.63) is 16.1 Å². The minimum Gasteiger partial charge on any atom is -0.481 e. The fourth-order valence-corrected chi connectivity index (χ4v) is 2.21. The maximum Gasteiger partial charge on any atom is 0.315 e. The highest BCUT2D eigenvalue weighted by Crippen LogP contribution is 2.07. The monoisotopic (exact) mass is 285 g/mol. The second-order valence-corrected chi connectivity index (χ2v) is 5.31. The molecule has 7 heteroatoms. The molecule has 0 aliphatic heterocycles. The van der Waals surface area contributed by atoms with Crippen LogP contribution in [0, 0.1) is 12.8 Å². The third kappa shape index (κ3) is 5.69. The van der Waals surface area contributed by atoms with Crippen LogP contribution >= 0.6 is 11.3 Å². The average Bonchev–Trinajstić information content (AvgIpc) is 2.77. The Kier molecular flexibility index (Phi) is 6.27. The SMILES string of the molecule is CCCC(CNC(=O)NCc1csc(C)n1)C(=O)O. The van der Waals surface area contributed by atoms with E-state index in [1.54, 1.807) is 0 Å². The smallest absolute Gasteiger partial charge is 0.315 e. The van der Waals surface area contributed by atoms with Gasteiger partial charge in [-0.25, -0.2) is 9.78 Å². The summed E-state index contributed by atoms with van der Waals surface area (Å²) in [5.74, 6) is -1.41. The predicted molar refractivity (Wildman–Crippen MR) is 73.1 cm³/mol. The van der Waals surface area contributed by atoms with Gasteiger partial charge in [0.15, 0.2) is 0 Å². The third-order valence-electron chi connectivity index (χ3n) is 2.59. The zero-order valence-electron chi connectivity index (χ0n) is 11.1. The van der Waals surface area contributed by atoms with Crippen molar-refractivity contribution in [2.45, 2.75) is 33.2 Å². The molecule has 0 fully saturated rings. The van der Waals surface area contributed by atoms with Gasteiger partial charge in [-0.3, -0.25) is 4.79 Å². The van der Waals surface area contributed by atoms with E-state index in [2.05, 4.69) is 15.6 Å². The van der Waals surface area contributed by atoms with Gasteiger partial charge < -0.3 is 15.7 Å². The maximum absolute atomic E-state index is 11.5. The minimum absolute atomic E-state index is 0.144. The van der Waals surface area contributed by atoms with Gasteiger partial charge in [0, 0.05) is 11.9 Å². The number of amides is 2. The Labute approximate surface area is 116 Å². The summed E-state index contributed by atoms with van der Waals surface area (Å²) in [5, 5.41) is 17.0. The molecule has 0 saturated heterocycles. The first-order valence-electron chi connectivity index (χ1n) is 6.18. The molecule has 0 saturated carbocycles. The van der Waals surface area contributed by atoms with Crippen LogP contribution in [0.2, 0.25) is 0 Å². The summed E-state index contributed by atoms with van der Waals surface area (Å²) in [5.41, 5.74) is 0.806. The van der Waals surface area contributed by atoms with Crippen molar-refractivity contribution in [1.82, 2.24) is 15.6 Å². The number of aliphatic carboxylic acids is 1. The second kappa shape index (κ2) is 7.73. The van der Waals surface area contributed by atoms with E-state index >= 15 is 0 Å². The molecule has 0 radical (unpaired) electrons. The first-order chi connectivity index (χ1) is 9.02. The Hall–Kier alpha value is -1.63. The number of rotatable bonds is 7. The summed E-state index contributed by atoms with van der Waals surface area (Å²) < 4.78 is 0. The quantitative estimate of drug-likeness (QED) is 0.711. The Morgan fingerprint density at radius 3 is 2.74 bits per heavy atom. The van der Waals surface area contributed by atoms with Crippen LogP contribution in [0.4, 0.5) is 4.79 Å². The lowest BCUT2D eigenvalue weighted by Gasteiger charge is -2.12. The van der Waals surface area contributed by atoms with Crippen molar-refractivity contribution in [3.63, 3.8) is 0 Å². The second-order valence-electron chi connectivity index (χ2n) is 4.25. The molecule has 1 unspecified atom stereocenters. The molecule has 6 nitrogen and oxygen atoms in total. The zero-order valence-corrected chi connectivity index (χ0v) is 11.9. The van der Waals surface area contributed by atoms with Crippen LogP contribution < -0.4 is 10.6 Å². The van der Waals surface area contributed by atoms with E-state index in [1.165, 1.54) is 11.3 Å². The molecule has 0 spiro atoms. The van der Waals surface area contributed by atoms with Gasteiger partial charge in [0.1, 0.15) is 0 Å². The molecule has 106 valence electrons. The summed E-state index contributed by atoms with van der Waals surface area (Å²) in [7, 11) is 0. The summed E-state index contributed by atoms with van der Waals surface area (Å²) in [6, 6.07) is -0.368. The number of thiazole rings is 1. The van der Waals surface area contributed by atoms with E-state index in [4.69, 9.17) is 5.11 Å². The first-order valence-corrected chi connectivity index (χ1v) is 7.06. The summed E-state index contributed by atoms with van der Waals surface area (Å²) >= 11 is 1.52. The number of hydrogen-bond donors (Lipinski definition) is 3. The predicted octanol–water partition coefficient (Wildman–Crippen LogP) is 1.75. The van der Waals surface area contributed by atoms with Crippen molar-refractivity contribution in [2.24, 2.45) is 5.92 Å². The lowest BCUT2D eigenvalue weighted by molar-refractivity contribution is -0.141. The number of hydrogen-bond acceptors (Lipinski definition) is 4. The molecule has 0 bridgehead atoms. The highest BCUT2D eigenvalue weighted by atomic mass is 32.1. The number of aromatic nitrogens is 1. The lowest BCUT2D eigenvalue weighted by atomic mass is 10.0. The molecule has 19 heavy (non-hydrogen) atoms. The Morgan fingerprint density at radius 1 is 1.47 bits per heavy atom. The Bertz CT molecular complexity index is 434. The number of carbonyl (C=O) groups is 2. The lowest BCUT2D eigenvalue weighted by Crippen LogP contribution is -2.39. The summed E-state index contributed by atoms with van der Waals surface area (Å²) in [4.78, 5) is 26.6. The van der Waals surface area contributed by atoms with Gasteiger partial charge in [0.2, 0.25) is 0 Å². The molecule has 1 rings (SSSR count). The molecular formula is C12H19N3O3S. The van der Waals surface area contributed by atoms with Crippen LogP contribution in [0.5, 0.6) is 0 Å². The van der Waals surface area contributed by atoms with Crippen molar-refractivity contribution in [3.8, 4) is 0 Å². The van der Waals surface area contributed by atoms with Crippen LogP contribution in [0.1, 0.15) is 30.5 Å². The molecule has 0 aromatic carbocycles. The number of carboxylic acid groups (broad SMARTS) is 1. The van der Waals surface area contributed by atoms with E-state index < -0.39 is 11.9 Å². The van der Waals surface area contributed by atoms with Crippen molar-refractivity contribution < 1.29 is 14.7 Å². The highest BCUT2D eigenvalue weighted by Gasteiger charge is 2.16. The third-order valence-corrected chi connectivity index (χ3v) is 3.41. The normalized spacial score (nSPS) is 11.9. The van der Waals surface area contributed by atoms with Crippen molar-refractivity contribution >= 4 is 23.3 Å². The van der Waals surface area contributed by atoms with Crippen LogP contribution in [0.15, 0.2) is 5.38 Å². The zero-order chi connectivity index (χ0) is 14.3. The molecule has 0 aliphatic carbocycles. The van der Waals surface area contributed by atoms with E-state index in [1.807, 2.05) is 19.2 Å². The van der Waals surface area contributed by atoms with Gasteiger partial charge in [0.25, 0.3) is 0 Å². The number of urea groups is 1.